The lowest BCUT2D eigenvalue weighted by molar-refractivity contribution is -0.388. The van der Waals surface area contributed by atoms with E-state index in [0.717, 1.165) is 17.4 Å². The minimum atomic E-state index is -0.482. The molecule has 2 aromatic rings. The third-order valence-corrected chi connectivity index (χ3v) is 3.31. The first-order valence-corrected chi connectivity index (χ1v) is 7.31. The molecule has 0 amide bonds. The number of alkyl halides is 1. The Bertz CT molecular complexity index is 614. The van der Waals surface area contributed by atoms with Crippen molar-refractivity contribution in [2.45, 2.75) is 13.1 Å². The molecule has 0 bridgehead atoms. The molecule has 1 aromatic heterocycles. The number of fused-ring (bicyclic) bond motifs is 1. The molecular formula is C12H15BrN4O3. The average Bonchev–Trinajstić information content (AvgIpc) is 2.80. The molecule has 0 fully saturated rings. The van der Waals surface area contributed by atoms with Gasteiger partial charge >= 0.3 is 5.82 Å². The Morgan fingerprint density at radius 3 is 2.95 bits per heavy atom. The topological polar surface area (TPSA) is 93.2 Å². The Morgan fingerprint density at radius 2 is 2.30 bits per heavy atom. The molecular weight excluding hydrogens is 328 g/mol. The van der Waals surface area contributed by atoms with Crippen molar-refractivity contribution in [1.29, 1.82) is 0 Å². The summed E-state index contributed by atoms with van der Waals surface area (Å²) >= 11 is 3.32. The van der Waals surface area contributed by atoms with Gasteiger partial charge in [0.05, 0.1) is 23.8 Å². The lowest BCUT2D eigenvalue weighted by Gasteiger charge is -2.04. The van der Waals surface area contributed by atoms with Crippen molar-refractivity contribution in [3.05, 3.63) is 33.9 Å². The number of hydrogen-bond acceptors (Lipinski definition) is 5. The minimum Gasteiger partial charge on any atom is -0.394 e. The fourth-order valence-corrected chi connectivity index (χ4v) is 2.39. The van der Waals surface area contributed by atoms with Crippen LogP contribution in [0.3, 0.4) is 0 Å². The van der Waals surface area contributed by atoms with Crippen LogP contribution in [0.2, 0.25) is 0 Å². The second kappa shape index (κ2) is 6.78. The number of aliphatic hydroxyl groups is 1. The van der Waals surface area contributed by atoms with Gasteiger partial charge in [-0.25, -0.2) is 0 Å². The van der Waals surface area contributed by atoms with Crippen LogP contribution in [0, 0.1) is 10.1 Å². The number of nitrogens with zero attached hydrogens (tertiary/aromatic N) is 3. The molecule has 20 heavy (non-hydrogen) atoms. The van der Waals surface area contributed by atoms with Gasteiger partial charge in [-0.2, -0.15) is 4.68 Å². The number of aliphatic hydroxyl groups excluding tert-OH is 1. The van der Waals surface area contributed by atoms with Crippen molar-refractivity contribution in [1.82, 2.24) is 15.1 Å². The second-order valence-corrected chi connectivity index (χ2v) is 5.00. The Balaban J connectivity index is 2.49. The van der Waals surface area contributed by atoms with Gasteiger partial charge in [0.1, 0.15) is 5.39 Å². The first kappa shape index (κ1) is 14.9. The molecule has 0 radical (unpaired) electrons. The fraction of sp³-hybridized carbons (Fsp3) is 0.417. The third kappa shape index (κ3) is 2.97. The largest absolute Gasteiger partial charge is 0.398 e. The van der Waals surface area contributed by atoms with E-state index in [0.29, 0.717) is 17.4 Å². The molecule has 108 valence electrons. The van der Waals surface area contributed by atoms with Crippen LogP contribution >= 0.6 is 15.9 Å². The normalized spacial score (nSPS) is 11.1. The average molecular weight is 343 g/mol. The van der Waals surface area contributed by atoms with Crippen LogP contribution < -0.4 is 5.32 Å². The zero-order valence-electron chi connectivity index (χ0n) is 10.8. The predicted molar refractivity (Wildman–Crippen MR) is 79.0 cm³/mol. The predicted octanol–water partition coefficient (Wildman–Crippen LogP) is 1.42. The van der Waals surface area contributed by atoms with Crippen molar-refractivity contribution in [2.24, 2.45) is 0 Å². The van der Waals surface area contributed by atoms with E-state index in [-0.39, 0.29) is 19.0 Å². The van der Waals surface area contributed by atoms with Crippen molar-refractivity contribution >= 4 is 32.7 Å². The lowest BCUT2D eigenvalue weighted by atomic mass is 10.1. The van der Waals surface area contributed by atoms with Crippen LogP contribution in [0.15, 0.2) is 18.2 Å². The molecule has 0 aliphatic rings. The highest BCUT2D eigenvalue weighted by Crippen LogP contribution is 2.28. The maximum Gasteiger partial charge on any atom is 0.398 e. The molecule has 0 spiro atoms. The third-order valence-electron chi connectivity index (χ3n) is 2.92. The first-order valence-electron chi connectivity index (χ1n) is 6.19. The summed E-state index contributed by atoms with van der Waals surface area (Å²) in [4.78, 5) is 10.7. The lowest BCUT2D eigenvalue weighted by Crippen LogP contribution is -2.15. The zero-order valence-corrected chi connectivity index (χ0v) is 12.3. The van der Waals surface area contributed by atoms with Gasteiger partial charge in [0.2, 0.25) is 0 Å². The number of aromatic nitrogens is 2. The summed E-state index contributed by atoms with van der Waals surface area (Å²) < 4.78 is 1.47. The maximum atomic E-state index is 11.2. The van der Waals surface area contributed by atoms with Gasteiger partial charge in [-0.3, -0.25) is 0 Å². The molecule has 0 saturated carbocycles. The van der Waals surface area contributed by atoms with Gasteiger partial charge in [-0.1, -0.05) is 28.1 Å². The Hall–Kier alpha value is -1.51. The minimum absolute atomic E-state index is 0.111. The van der Waals surface area contributed by atoms with E-state index in [4.69, 9.17) is 5.11 Å². The summed E-state index contributed by atoms with van der Waals surface area (Å²) in [5.41, 5.74) is 1.50. The monoisotopic (exact) mass is 342 g/mol. The van der Waals surface area contributed by atoms with Gasteiger partial charge < -0.3 is 20.5 Å². The highest BCUT2D eigenvalue weighted by atomic mass is 79.9. The van der Waals surface area contributed by atoms with E-state index >= 15 is 0 Å². The number of rotatable bonds is 7. The summed E-state index contributed by atoms with van der Waals surface area (Å²) in [6.07, 6.45) is 0. The van der Waals surface area contributed by atoms with E-state index in [1.165, 1.54) is 4.68 Å². The number of nitro groups is 1. The highest BCUT2D eigenvalue weighted by molar-refractivity contribution is 9.09. The zero-order chi connectivity index (χ0) is 14.5. The van der Waals surface area contributed by atoms with Gasteiger partial charge in [0.25, 0.3) is 0 Å². The van der Waals surface area contributed by atoms with Crippen LogP contribution in [0.25, 0.3) is 10.9 Å². The van der Waals surface area contributed by atoms with E-state index in [9.17, 15) is 10.1 Å². The molecule has 2 rings (SSSR count). The SMILES string of the molecule is O=[N+]([O-])c1nn(CCO)c2cccc(CNCCBr)c12. The molecule has 7 nitrogen and oxygen atoms in total. The van der Waals surface area contributed by atoms with Crippen molar-refractivity contribution < 1.29 is 10.0 Å². The standard InChI is InChI=1S/C12H15BrN4O3/c13-4-5-14-8-9-2-1-3-10-11(9)12(17(19)20)15-16(10)6-7-18/h1-3,14,18H,4-8H2. The summed E-state index contributed by atoms with van der Waals surface area (Å²) in [5.74, 6) is -0.162. The molecule has 2 N–H and O–H groups in total. The van der Waals surface area contributed by atoms with E-state index in [1.807, 2.05) is 12.1 Å². The number of hydrogen-bond donors (Lipinski definition) is 2. The van der Waals surface area contributed by atoms with E-state index in [2.05, 4.69) is 26.3 Å². The summed E-state index contributed by atoms with van der Waals surface area (Å²) in [5, 5.41) is 28.7. The summed E-state index contributed by atoms with van der Waals surface area (Å²) in [7, 11) is 0. The molecule has 8 heteroatoms. The molecule has 0 saturated heterocycles. The van der Waals surface area contributed by atoms with Gasteiger partial charge in [-0.05, 0) is 16.6 Å². The Morgan fingerprint density at radius 1 is 1.50 bits per heavy atom. The molecule has 1 heterocycles. The number of halogens is 1. The molecule has 0 unspecified atom stereocenters. The summed E-state index contributed by atoms with van der Waals surface area (Å²) in [6.45, 7) is 1.44. The van der Waals surface area contributed by atoms with E-state index < -0.39 is 4.92 Å². The Kier molecular flexibility index (Phi) is 5.05. The quantitative estimate of drug-likeness (QED) is 0.343. The van der Waals surface area contributed by atoms with Crippen LogP contribution in [0.1, 0.15) is 5.56 Å². The first-order chi connectivity index (χ1) is 9.69. The highest BCUT2D eigenvalue weighted by Gasteiger charge is 2.23. The van der Waals surface area contributed by atoms with Gasteiger partial charge in [0.15, 0.2) is 0 Å². The summed E-state index contributed by atoms with van der Waals surface area (Å²) in [6, 6.07) is 5.47. The van der Waals surface area contributed by atoms with E-state index in [1.54, 1.807) is 6.07 Å². The molecule has 0 atom stereocenters. The van der Waals surface area contributed by atoms with Crippen molar-refractivity contribution in [3.8, 4) is 0 Å². The van der Waals surface area contributed by atoms with Gasteiger partial charge in [0, 0.05) is 18.4 Å². The van der Waals surface area contributed by atoms with Crippen molar-refractivity contribution in [2.75, 3.05) is 18.5 Å². The molecule has 0 aliphatic carbocycles. The smallest absolute Gasteiger partial charge is 0.394 e. The fourth-order valence-electron chi connectivity index (χ4n) is 2.11. The Labute approximate surface area is 123 Å². The molecule has 0 aliphatic heterocycles. The number of nitrogens with one attached hydrogen (secondary N) is 1. The van der Waals surface area contributed by atoms with Gasteiger partial charge in [-0.15, -0.1) is 0 Å². The van der Waals surface area contributed by atoms with Crippen LogP contribution in [0.4, 0.5) is 5.82 Å². The van der Waals surface area contributed by atoms with Crippen molar-refractivity contribution in [3.63, 3.8) is 0 Å². The van der Waals surface area contributed by atoms with Crippen LogP contribution in [0.5, 0.6) is 0 Å². The van der Waals surface area contributed by atoms with Crippen LogP contribution in [-0.4, -0.2) is 38.3 Å². The maximum absolute atomic E-state index is 11.2. The van der Waals surface area contributed by atoms with Crippen LogP contribution in [-0.2, 0) is 13.1 Å². The molecule has 1 aromatic carbocycles. The number of benzene rings is 1. The second-order valence-electron chi connectivity index (χ2n) is 4.20.